The van der Waals surface area contributed by atoms with Crippen molar-refractivity contribution in [2.45, 2.75) is 26.4 Å². The van der Waals surface area contributed by atoms with Crippen LogP contribution in [0.5, 0.6) is 0 Å². The quantitative estimate of drug-likeness (QED) is 0.826. The molecular weight excluding hydrogens is 264 g/mol. The zero-order valence-electron chi connectivity index (χ0n) is 8.25. The molecule has 0 spiro atoms. The molecule has 0 fully saturated rings. The number of hydrogen-bond donors (Lipinski definition) is 0. The fourth-order valence-electron chi connectivity index (χ4n) is 1.10. The summed E-state index contributed by atoms with van der Waals surface area (Å²) >= 11 is 4.95. The van der Waals surface area contributed by atoms with Crippen LogP contribution >= 0.6 is 27.3 Å². The maximum absolute atomic E-state index is 11.6. The molecule has 0 aliphatic carbocycles. The molecule has 0 aliphatic heterocycles. The molecule has 4 heteroatoms. The highest BCUT2D eigenvalue weighted by Gasteiger charge is 2.13. The molecule has 1 heterocycles. The molecule has 0 radical (unpaired) electrons. The molecule has 0 bridgehead atoms. The van der Waals surface area contributed by atoms with Crippen LogP contribution in [0.15, 0.2) is 15.9 Å². The Bertz CT molecular complexity index is 309. The Labute approximate surface area is 96.4 Å². The van der Waals surface area contributed by atoms with Gasteiger partial charge in [-0.25, -0.2) is 0 Å². The molecule has 0 aliphatic rings. The molecule has 1 atom stereocenters. The first-order chi connectivity index (χ1) is 6.63. The molecule has 0 saturated heterocycles. The van der Waals surface area contributed by atoms with Gasteiger partial charge in [-0.3, -0.25) is 4.79 Å². The molecule has 0 saturated carbocycles. The normalized spacial score (nSPS) is 12.8. The zero-order chi connectivity index (χ0) is 10.6. The van der Waals surface area contributed by atoms with Crippen molar-refractivity contribution < 1.29 is 9.53 Å². The van der Waals surface area contributed by atoms with Gasteiger partial charge < -0.3 is 4.74 Å². The predicted octanol–water partition coefficient (Wildman–Crippen LogP) is 3.05. The van der Waals surface area contributed by atoms with Gasteiger partial charge in [-0.05, 0) is 35.8 Å². The van der Waals surface area contributed by atoms with E-state index in [1.54, 1.807) is 18.3 Å². The molecule has 2 nitrogen and oxygen atoms in total. The van der Waals surface area contributed by atoms with E-state index in [4.69, 9.17) is 4.74 Å². The number of ether oxygens (including phenoxy) is 1. The molecule has 0 amide bonds. The van der Waals surface area contributed by atoms with Crippen molar-refractivity contribution in [3.8, 4) is 0 Å². The van der Waals surface area contributed by atoms with Gasteiger partial charge in [-0.1, -0.05) is 0 Å². The van der Waals surface area contributed by atoms with Crippen molar-refractivity contribution in [1.82, 2.24) is 0 Å². The zero-order valence-corrected chi connectivity index (χ0v) is 10.7. The molecule has 0 aromatic carbocycles. The topological polar surface area (TPSA) is 26.3 Å². The van der Waals surface area contributed by atoms with Crippen LogP contribution in [0.25, 0.3) is 0 Å². The highest BCUT2D eigenvalue weighted by Crippen LogP contribution is 2.20. The highest BCUT2D eigenvalue weighted by molar-refractivity contribution is 9.10. The number of halogens is 1. The molecule has 0 N–H and O–H groups in total. The lowest BCUT2D eigenvalue weighted by molar-refractivity contribution is -0.128. The van der Waals surface area contributed by atoms with Crippen LogP contribution in [0, 0.1) is 0 Å². The fourth-order valence-corrected chi connectivity index (χ4v) is 2.57. The lowest BCUT2D eigenvalue weighted by Gasteiger charge is -2.08. The van der Waals surface area contributed by atoms with Crippen LogP contribution in [0.3, 0.4) is 0 Å². The maximum Gasteiger partial charge on any atom is 0.166 e. The van der Waals surface area contributed by atoms with Crippen LogP contribution in [-0.4, -0.2) is 18.5 Å². The van der Waals surface area contributed by atoms with Gasteiger partial charge in [0, 0.05) is 27.8 Å². The summed E-state index contributed by atoms with van der Waals surface area (Å²) in [5.41, 5.74) is 0. The summed E-state index contributed by atoms with van der Waals surface area (Å²) in [6, 6.07) is 1.97. The van der Waals surface area contributed by atoms with E-state index >= 15 is 0 Å². The van der Waals surface area contributed by atoms with Gasteiger partial charge in [0.15, 0.2) is 5.78 Å². The second kappa shape index (κ2) is 5.63. The lowest BCUT2D eigenvalue weighted by atomic mass is 10.2. The van der Waals surface area contributed by atoms with E-state index in [1.807, 2.05) is 18.4 Å². The number of rotatable bonds is 5. The number of Topliss-reactive ketones (excluding diaryl/α,β-unsaturated/α-hetero) is 1. The third-order valence-corrected chi connectivity index (χ3v) is 3.54. The van der Waals surface area contributed by atoms with Crippen molar-refractivity contribution in [2.24, 2.45) is 0 Å². The summed E-state index contributed by atoms with van der Waals surface area (Å²) in [6.07, 6.45) is 0.179. The van der Waals surface area contributed by atoms with Crippen molar-refractivity contribution in [3.63, 3.8) is 0 Å². The fraction of sp³-hybridized carbons (Fsp3) is 0.500. The maximum atomic E-state index is 11.6. The molecule has 1 rings (SSSR count). The Morgan fingerprint density at radius 2 is 2.43 bits per heavy atom. The van der Waals surface area contributed by atoms with E-state index in [1.165, 1.54) is 0 Å². The van der Waals surface area contributed by atoms with E-state index in [0.717, 1.165) is 9.35 Å². The van der Waals surface area contributed by atoms with Crippen LogP contribution in [0.4, 0.5) is 0 Å². The minimum atomic E-state index is -0.291. The van der Waals surface area contributed by atoms with Gasteiger partial charge in [0.25, 0.3) is 0 Å². The average molecular weight is 277 g/mol. The summed E-state index contributed by atoms with van der Waals surface area (Å²) in [5, 5.41) is 1.98. The van der Waals surface area contributed by atoms with E-state index < -0.39 is 0 Å². The van der Waals surface area contributed by atoms with E-state index in [9.17, 15) is 4.79 Å². The van der Waals surface area contributed by atoms with E-state index in [2.05, 4.69) is 15.9 Å². The first-order valence-corrected chi connectivity index (χ1v) is 6.18. The Balaban J connectivity index is 2.48. The third kappa shape index (κ3) is 3.52. The van der Waals surface area contributed by atoms with Crippen molar-refractivity contribution >= 4 is 33.0 Å². The Kier molecular flexibility index (Phi) is 4.78. The smallest absolute Gasteiger partial charge is 0.166 e. The Morgan fingerprint density at radius 3 is 2.93 bits per heavy atom. The van der Waals surface area contributed by atoms with Gasteiger partial charge in [0.2, 0.25) is 0 Å². The van der Waals surface area contributed by atoms with Gasteiger partial charge in [0.1, 0.15) is 6.10 Å². The molecule has 1 unspecified atom stereocenters. The average Bonchev–Trinajstić information content (AvgIpc) is 2.51. The second-order valence-corrected chi connectivity index (χ2v) is 4.88. The molecular formula is C10H13BrO2S. The van der Waals surface area contributed by atoms with Crippen LogP contribution in [0.1, 0.15) is 18.7 Å². The summed E-state index contributed by atoms with van der Waals surface area (Å²) in [4.78, 5) is 12.7. The van der Waals surface area contributed by atoms with Gasteiger partial charge in [-0.2, -0.15) is 0 Å². The number of ketones is 1. The minimum Gasteiger partial charge on any atom is -0.371 e. The van der Waals surface area contributed by atoms with Gasteiger partial charge in [-0.15, -0.1) is 11.3 Å². The van der Waals surface area contributed by atoms with Crippen molar-refractivity contribution in [1.29, 1.82) is 0 Å². The first kappa shape index (κ1) is 11.9. The molecule has 1 aromatic heterocycles. The molecule has 1 aromatic rings. The minimum absolute atomic E-state index is 0.140. The summed E-state index contributed by atoms with van der Waals surface area (Å²) in [5.74, 6) is 0.140. The number of carbonyl (C=O) groups is 1. The van der Waals surface area contributed by atoms with E-state index in [-0.39, 0.29) is 11.9 Å². The Morgan fingerprint density at radius 1 is 1.71 bits per heavy atom. The SMILES string of the molecule is CCOC(C)C(=O)Cc1cc(Br)cs1. The van der Waals surface area contributed by atoms with Crippen molar-refractivity contribution in [2.75, 3.05) is 6.61 Å². The Hall–Kier alpha value is -0.190. The highest BCUT2D eigenvalue weighted by atomic mass is 79.9. The van der Waals surface area contributed by atoms with Crippen LogP contribution in [0.2, 0.25) is 0 Å². The van der Waals surface area contributed by atoms with E-state index in [0.29, 0.717) is 13.0 Å². The monoisotopic (exact) mass is 276 g/mol. The van der Waals surface area contributed by atoms with Crippen LogP contribution < -0.4 is 0 Å². The summed E-state index contributed by atoms with van der Waals surface area (Å²) in [6.45, 7) is 4.28. The molecule has 78 valence electrons. The van der Waals surface area contributed by atoms with Gasteiger partial charge in [0.05, 0.1) is 0 Å². The van der Waals surface area contributed by atoms with Crippen LogP contribution in [-0.2, 0) is 16.0 Å². The molecule has 14 heavy (non-hydrogen) atoms. The summed E-state index contributed by atoms with van der Waals surface area (Å²) < 4.78 is 6.26. The lowest BCUT2D eigenvalue weighted by Crippen LogP contribution is -2.22. The number of carbonyl (C=O) groups excluding carboxylic acids is 1. The number of thiophene rings is 1. The van der Waals surface area contributed by atoms with Crippen molar-refractivity contribution in [3.05, 3.63) is 20.8 Å². The predicted molar refractivity (Wildman–Crippen MR) is 61.8 cm³/mol. The first-order valence-electron chi connectivity index (χ1n) is 4.50. The summed E-state index contributed by atoms with van der Waals surface area (Å²) in [7, 11) is 0. The van der Waals surface area contributed by atoms with Gasteiger partial charge >= 0.3 is 0 Å². The second-order valence-electron chi connectivity index (χ2n) is 2.97. The third-order valence-electron chi connectivity index (χ3n) is 1.84. The largest absolute Gasteiger partial charge is 0.371 e. The number of hydrogen-bond acceptors (Lipinski definition) is 3. The standard InChI is InChI=1S/C10H13BrO2S/c1-3-13-7(2)10(12)5-9-4-8(11)6-14-9/h4,6-7H,3,5H2,1-2H3.